The van der Waals surface area contributed by atoms with Crippen LogP contribution >= 0.6 is 11.3 Å². The topological polar surface area (TPSA) is 117 Å². The first-order valence-corrected chi connectivity index (χ1v) is 5.49. The first kappa shape index (κ1) is 13.0. The summed E-state index contributed by atoms with van der Waals surface area (Å²) < 4.78 is 0. The molecular formula is C9H14N2O4S. The number of carboxylic acid groups (broad SMARTS) is 1. The molecule has 1 rings (SSSR count). The summed E-state index contributed by atoms with van der Waals surface area (Å²) in [5.41, 5.74) is 4.07. The quantitative estimate of drug-likeness (QED) is 0.593. The maximum absolute atomic E-state index is 10.6. The fourth-order valence-electron chi connectivity index (χ4n) is 1.04. The number of carboxylic acids is 1. The maximum Gasteiger partial charge on any atom is 0.355 e. The van der Waals surface area contributed by atoms with Gasteiger partial charge in [0.05, 0.1) is 12.1 Å². The molecule has 0 saturated heterocycles. The zero-order chi connectivity index (χ0) is 12.5. The van der Waals surface area contributed by atoms with Crippen LogP contribution in [0.2, 0.25) is 0 Å². The van der Waals surface area contributed by atoms with Gasteiger partial charge in [-0.05, 0) is 13.8 Å². The lowest BCUT2D eigenvalue weighted by atomic mass is 9.92. The average molecular weight is 246 g/mol. The van der Waals surface area contributed by atoms with Crippen LogP contribution in [0.3, 0.4) is 0 Å². The monoisotopic (exact) mass is 246 g/mol. The largest absolute Gasteiger partial charge is 0.476 e. The molecule has 0 saturated carbocycles. The van der Waals surface area contributed by atoms with Crippen LogP contribution in [0.25, 0.3) is 0 Å². The van der Waals surface area contributed by atoms with E-state index in [0.29, 0.717) is 0 Å². The fraction of sp³-hybridized carbons (Fsp3) is 0.556. The Morgan fingerprint density at radius 3 is 2.62 bits per heavy atom. The Morgan fingerprint density at radius 1 is 1.69 bits per heavy atom. The standard InChI is InChI=1S/C9H14N2O4S/c1-4(12)9(2,15)6(10)7-11-5(3-16-7)8(13)14/h3-4,6,12,15H,10H2,1-2H3,(H,13,14)/t4-,6+,9+/m0/s1. The van der Waals surface area contributed by atoms with Gasteiger partial charge in [0, 0.05) is 5.38 Å². The lowest BCUT2D eigenvalue weighted by Gasteiger charge is -2.31. The van der Waals surface area contributed by atoms with Crippen LogP contribution in [0.4, 0.5) is 0 Å². The molecule has 0 unspecified atom stereocenters. The number of hydrogen-bond acceptors (Lipinski definition) is 6. The van der Waals surface area contributed by atoms with Crippen LogP contribution in [0.1, 0.15) is 35.4 Å². The number of rotatable bonds is 4. The Hall–Kier alpha value is -1.02. The Balaban J connectivity index is 2.96. The van der Waals surface area contributed by atoms with E-state index in [9.17, 15) is 15.0 Å². The first-order valence-electron chi connectivity index (χ1n) is 4.61. The Labute approximate surface area is 96.4 Å². The molecule has 1 aromatic rings. The third-order valence-electron chi connectivity index (χ3n) is 2.48. The molecule has 0 aromatic carbocycles. The molecule has 1 aromatic heterocycles. The summed E-state index contributed by atoms with van der Waals surface area (Å²) in [4.78, 5) is 14.4. The minimum Gasteiger partial charge on any atom is -0.476 e. The van der Waals surface area contributed by atoms with Crippen LogP contribution in [0.15, 0.2) is 5.38 Å². The normalized spacial score (nSPS) is 18.8. The maximum atomic E-state index is 10.6. The molecule has 0 spiro atoms. The van der Waals surface area contributed by atoms with Gasteiger partial charge in [-0.2, -0.15) is 0 Å². The van der Waals surface area contributed by atoms with Crippen molar-refractivity contribution in [2.75, 3.05) is 0 Å². The molecule has 0 bridgehead atoms. The summed E-state index contributed by atoms with van der Waals surface area (Å²) >= 11 is 1.04. The van der Waals surface area contributed by atoms with E-state index in [2.05, 4.69) is 4.98 Å². The molecule has 3 atom stereocenters. The van der Waals surface area contributed by atoms with Crippen molar-refractivity contribution in [1.82, 2.24) is 4.98 Å². The number of nitrogens with two attached hydrogens (primary N) is 1. The third kappa shape index (κ3) is 2.38. The summed E-state index contributed by atoms with van der Waals surface area (Å²) in [6, 6.07) is -0.925. The summed E-state index contributed by atoms with van der Waals surface area (Å²) in [5, 5.41) is 29.6. The third-order valence-corrected chi connectivity index (χ3v) is 3.41. The highest BCUT2D eigenvalue weighted by molar-refractivity contribution is 7.09. The van der Waals surface area contributed by atoms with Crippen molar-refractivity contribution in [3.63, 3.8) is 0 Å². The molecule has 0 aliphatic heterocycles. The summed E-state index contributed by atoms with van der Waals surface area (Å²) in [7, 11) is 0. The van der Waals surface area contributed by atoms with Gasteiger partial charge in [0.2, 0.25) is 0 Å². The molecule has 5 N–H and O–H groups in total. The fourth-order valence-corrected chi connectivity index (χ4v) is 1.96. The van der Waals surface area contributed by atoms with Gasteiger partial charge in [0.1, 0.15) is 10.6 Å². The van der Waals surface area contributed by atoms with Crippen molar-refractivity contribution in [2.45, 2.75) is 31.6 Å². The molecule has 16 heavy (non-hydrogen) atoms. The van der Waals surface area contributed by atoms with Crippen LogP contribution in [-0.2, 0) is 0 Å². The van der Waals surface area contributed by atoms with Gasteiger partial charge in [-0.15, -0.1) is 11.3 Å². The minimum absolute atomic E-state index is 0.114. The van der Waals surface area contributed by atoms with Gasteiger partial charge in [0.25, 0.3) is 0 Å². The van der Waals surface area contributed by atoms with Crippen LogP contribution in [-0.4, -0.2) is 38.0 Å². The molecule has 0 amide bonds. The number of thiazole rings is 1. The van der Waals surface area contributed by atoms with Crippen molar-refractivity contribution in [3.8, 4) is 0 Å². The molecule has 0 fully saturated rings. The zero-order valence-electron chi connectivity index (χ0n) is 8.91. The van der Waals surface area contributed by atoms with E-state index in [0.717, 1.165) is 11.3 Å². The lowest BCUT2D eigenvalue weighted by molar-refractivity contribution is -0.0701. The Bertz CT molecular complexity index is 389. The second-order valence-electron chi connectivity index (χ2n) is 3.76. The Kier molecular flexibility index (Phi) is 3.64. The summed E-state index contributed by atoms with van der Waals surface area (Å²) in [6.45, 7) is 2.79. The molecule has 0 radical (unpaired) electrons. The number of hydrogen-bond donors (Lipinski definition) is 4. The molecule has 7 heteroatoms. The first-order chi connectivity index (χ1) is 7.26. The Morgan fingerprint density at radius 2 is 2.25 bits per heavy atom. The predicted octanol–water partition coefficient (Wildman–Crippen LogP) is -0.0271. The number of aliphatic hydroxyl groups is 2. The molecule has 1 heterocycles. The van der Waals surface area contributed by atoms with Gasteiger partial charge >= 0.3 is 5.97 Å². The van der Waals surface area contributed by atoms with E-state index in [1.165, 1.54) is 19.2 Å². The van der Waals surface area contributed by atoms with Crippen LogP contribution < -0.4 is 5.73 Å². The lowest BCUT2D eigenvalue weighted by Crippen LogP contribution is -2.47. The molecule has 0 aliphatic carbocycles. The van der Waals surface area contributed by atoms with Crippen LogP contribution in [0.5, 0.6) is 0 Å². The van der Waals surface area contributed by atoms with E-state index in [4.69, 9.17) is 10.8 Å². The van der Waals surface area contributed by atoms with E-state index in [1.807, 2.05) is 0 Å². The molecule has 90 valence electrons. The van der Waals surface area contributed by atoms with Crippen molar-refractivity contribution in [3.05, 3.63) is 16.1 Å². The number of aliphatic hydroxyl groups excluding tert-OH is 1. The van der Waals surface area contributed by atoms with Crippen molar-refractivity contribution >= 4 is 17.3 Å². The van der Waals surface area contributed by atoms with Gasteiger partial charge in [-0.25, -0.2) is 9.78 Å². The van der Waals surface area contributed by atoms with Crippen molar-refractivity contribution < 1.29 is 20.1 Å². The highest BCUT2D eigenvalue weighted by Gasteiger charge is 2.37. The number of nitrogens with zero attached hydrogens (tertiary/aromatic N) is 1. The van der Waals surface area contributed by atoms with E-state index in [1.54, 1.807) is 0 Å². The highest BCUT2D eigenvalue weighted by atomic mass is 32.1. The van der Waals surface area contributed by atoms with Gasteiger partial charge in [-0.1, -0.05) is 0 Å². The summed E-state index contributed by atoms with van der Waals surface area (Å²) in [6.07, 6.45) is -1.04. The average Bonchev–Trinajstić information content (AvgIpc) is 2.64. The van der Waals surface area contributed by atoms with Gasteiger partial charge < -0.3 is 21.1 Å². The second-order valence-corrected chi connectivity index (χ2v) is 4.65. The number of carbonyl (C=O) groups is 1. The molecule has 0 aliphatic rings. The number of aromatic carboxylic acids is 1. The minimum atomic E-state index is -1.55. The van der Waals surface area contributed by atoms with E-state index >= 15 is 0 Å². The molecule has 6 nitrogen and oxygen atoms in total. The van der Waals surface area contributed by atoms with Crippen molar-refractivity contribution in [1.29, 1.82) is 0 Å². The van der Waals surface area contributed by atoms with Crippen molar-refractivity contribution in [2.24, 2.45) is 5.73 Å². The smallest absolute Gasteiger partial charge is 0.355 e. The number of aromatic nitrogens is 1. The predicted molar refractivity (Wildman–Crippen MR) is 58.3 cm³/mol. The highest BCUT2D eigenvalue weighted by Crippen LogP contribution is 2.28. The van der Waals surface area contributed by atoms with Crippen LogP contribution in [0, 0.1) is 0 Å². The second kappa shape index (κ2) is 4.46. The van der Waals surface area contributed by atoms with E-state index in [-0.39, 0.29) is 10.7 Å². The van der Waals surface area contributed by atoms with E-state index < -0.39 is 23.7 Å². The molecular weight excluding hydrogens is 232 g/mol. The van der Waals surface area contributed by atoms with Gasteiger partial charge in [0.15, 0.2) is 5.69 Å². The zero-order valence-corrected chi connectivity index (χ0v) is 9.73. The SMILES string of the molecule is C[C@H](O)[C@@](C)(O)[C@H](N)c1nc(C(=O)O)cs1. The summed E-state index contributed by atoms with van der Waals surface area (Å²) in [5.74, 6) is -1.15. The van der Waals surface area contributed by atoms with Gasteiger partial charge in [-0.3, -0.25) is 0 Å².